The van der Waals surface area contributed by atoms with Gasteiger partial charge in [-0.15, -0.1) is 0 Å². The number of H-pyrrole nitrogens is 1. The van der Waals surface area contributed by atoms with Gasteiger partial charge in [0.1, 0.15) is 0 Å². The van der Waals surface area contributed by atoms with Crippen molar-refractivity contribution in [3.63, 3.8) is 0 Å². The Hall–Kier alpha value is -2.33. The van der Waals surface area contributed by atoms with Crippen LogP contribution in [0.3, 0.4) is 0 Å². The fraction of sp³-hybridized carbons (Fsp3) is 0.188. The maximum Gasteiger partial charge on any atom is 0.204 e. The van der Waals surface area contributed by atoms with Crippen LogP contribution < -0.4 is 4.90 Å². The second-order valence-corrected chi connectivity index (χ2v) is 4.71. The molecule has 0 unspecified atom stereocenters. The molecule has 0 saturated carbocycles. The fourth-order valence-corrected chi connectivity index (χ4v) is 2.27. The minimum absolute atomic E-state index is 0.101. The fourth-order valence-electron chi connectivity index (χ4n) is 2.27. The molecule has 1 heterocycles. The first-order valence-electron chi connectivity index (χ1n) is 6.71. The van der Waals surface area contributed by atoms with Crippen LogP contribution in [0.4, 0.5) is 5.95 Å². The molecule has 0 aliphatic carbocycles. The largest absolute Gasteiger partial charge is 0.395 e. The third-order valence-corrected chi connectivity index (χ3v) is 3.26. The van der Waals surface area contributed by atoms with Gasteiger partial charge in [-0.1, -0.05) is 42.5 Å². The van der Waals surface area contributed by atoms with Gasteiger partial charge in [0.15, 0.2) is 0 Å². The number of imidazole rings is 1. The molecule has 0 fully saturated rings. The van der Waals surface area contributed by atoms with E-state index < -0.39 is 0 Å². The lowest BCUT2D eigenvalue weighted by Crippen LogP contribution is -2.27. The molecule has 0 aliphatic heterocycles. The summed E-state index contributed by atoms with van der Waals surface area (Å²) in [6.07, 6.45) is 0. The van der Waals surface area contributed by atoms with Crippen molar-refractivity contribution in [3.05, 3.63) is 60.2 Å². The Kier molecular flexibility index (Phi) is 3.65. The van der Waals surface area contributed by atoms with Crippen molar-refractivity contribution in [2.75, 3.05) is 18.1 Å². The lowest BCUT2D eigenvalue weighted by atomic mass is 10.2. The Bertz CT molecular complexity index is 645. The van der Waals surface area contributed by atoms with Crippen molar-refractivity contribution < 1.29 is 5.11 Å². The zero-order chi connectivity index (χ0) is 13.8. The molecule has 1 aromatic heterocycles. The highest BCUT2D eigenvalue weighted by atomic mass is 16.3. The van der Waals surface area contributed by atoms with E-state index in [2.05, 4.69) is 27.0 Å². The second-order valence-electron chi connectivity index (χ2n) is 4.71. The van der Waals surface area contributed by atoms with Crippen LogP contribution in [-0.2, 0) is 6.54 Å². The van der Waals surface area contributed by atoms with Crippen LogP contribution in [0.5, 0.6) is 0 Å². The topological polar surface area (TPSA) is 52.1 Å². The summed E-state index contributed by atoms with van der Waals surface area (Å²) >= 11 is 0. The minimum atomic E-state index is 0.101. The first-order chi connectivity index (χ1) is 9.86. The zero-order valence-electron chi connectivity index (χ0n) is 11.2. The molecule has 2 N–H and O–H groups in total. The highest BCUT2D eigenvalue weighted by Gasteiger charge is 2.11. The summed E-state index contributed by atoms with van der Waals surface area (Å²) < 4.78 is 0. The van der Waals surface area contributed by atoms with Gasteiger partial charge >= 0.3 is 0 Å². The van der Waals surface area contributed by atoms with Gasteiger partial charge in [-0.3, -0.25) is 0 Å². The minimum Gasteiger partial charge on any atom is -0.395 e. The van der Waals surface area contributed by atoms with E-state index in [9.17, 15) is 5.11 Å². The molecule has 3 rings (SSSR count). The van der Waals surface area contributed by atoms with Crippen molar-refractivity contribution in [1.82, 2.24) is 9.97 Å². The maximum atomic E-state index is 9.27. The number of aromatic nitrogens is 2. The van der Waals surface area contributed by atoms with Crippen LogP contribution in [0, 0.1) is 0 Å². The molecule has 3 aromatic rings. The van der Waals surface area contributed by atoms with Gasteiger partial charge in [-0.25, -0.2) is 4.98 Å². The number of anilines is 1. The number of benzene rings is 2. The van der Waals surface area contributed by atoms with Gasteiger partial charge in [0, 0.05) is 13.1 Å². The monoisotopic (exact) mass is 267 g/mol. The number of nitrogens with zero attached hydrogens (tertiary/aromatic N) is 2. The van der Waals surface area contributed by atoms with Crippen molar-refractivity contribution in [3.8, 4) is 0 Å². The molecule has 0 atom stereocenters. The molecule has 0 aliphatic rings. The van der Waals surface area contributed by atoms with Crippen LogP contribution in [0.25, 0.3) is 11.0 Å². The van der Waals surface area contributed by atoms with Gasteiger partial charge in [0.05, 0.1) is 17.6 Å². The molecule has 4 nitrogen and oxygen atoms in total. The summed E-state index contributed by atoms with van der Waals surface area (Å²) in [5, 5.41) is 9.27. The number of para-hydroxylation sites is 2. The lowest BCUT2D eigenvalue weighted by Gasteiger charge is -2.20. The van der Waals surface area contributed by atoms with Gasteiger partial charge in [-0.05, 0) is 17.7 Å². The quantitative estimate of drug-likeness (QED) is 0.747. The molecule has 20 heavy (non-hydrogen) atoms. The number of aliphatic hydroxyl groups is 1. The number of rotatable bonds is 5. The summed E-state index contributed by atoms with van der Waals surface area (Å²) in [4.78, 5) is 9.94. The van der Waals surface area contributed by atoms with Gasteiger partial charge < -0.3 is 15.0 Å². The molecule has 0 saturated heterocycles. The van der Waals surface area contributed by atoms with E-state index in [1.165, 1.54) is 5.56 Å². The van der Waals surface area contributed by atoms with Gasteiger partial charge in [-0.2, -0.15) is 0 Å². The van der Waals surface area contributed by atoms with Crippen LogP contribution in [0.1, 0.15) is 5.56 Å². The number of aromatic amines is 1. The smallest absolute Gasteiger partial charge is 0.204 e. The number of hydrogen-bond donors (Lipinski definition) is 2. The number of hydrogen-bond acceptors (Lipinski definition) is 3. The molecule has 4 heteroatoms. The van der Waals surface area contributed by atoms with E-state index in [0.717, 1.165) is 23.5 Å². The standard InChI is InChI=1S/C16H17N3O/c20-11-10-19(12-13-6-2-1-3-7-13)16-17-14-8-4-5-9-15(14)18-16/h1-9,20H,10-12H2,(H,17,18). The predicted octanol–water partition coefficient (Wildman–Crippen LogP) is 2.56. The molecule has 0 amide bonds. The van der Waals surface area contributed by atoms with Gasteiger partial charge in [0.2, 0.25) is 5.95 Å². The van der Waals surface area contributed by atoms with Crippen LogP contribution in [0.2, 0.25) is 0 Å². The van der Waals surface area contributed by atoms with Crippen molar-refractivity contribution in [1.29, 1.82) is 0 Å². The Morgan fingerprint density at radius 1 is 1.00 bits per heavy atom. The highest BCUT2D eigenvalue weighted by Crippen LogP contribution is 2.18. The maximum absolute atomic E-state index is 9.27. The average Bonchev–Trinajstić information content (AvgIpc) is 2.92. The number of aliphatic hydroxyl groups excluding tert-OH is 1. The Morgan fingerprint density at radius 2 is 1.75 bits per heavy atom. The van der Waals surface area contributed by atoms with Gasteiger partial charge in [0.25, 0.3) is 0 Å². The van der Waals surface area contributed by atoms with E-state index in [1.807, 2.05) is 42.5 Å². The van der Waals surface area contributed by atoms with Crippen molar-refractivity contribution in [2.24, 2.45) is 0 Å². The highest BCUT2D eigenvalue weighted by molar-refractivity contribution is 5.77. The van der Waals surface area contributed by atoms with Crippen LogP contribution >= 0.6 is 0 Å². The van der Waals surface area contributed by atoms with E-state index in [0.29, 0.717) is 6.54 Å². The molecule has 0 spiro atoms. The Balaban J connectivity index is 1.89. The normalized spacial score (nSPS) is 10.8. The first-order valence-corrected chi connectivity index (χ1v) is 6.71. The van der Waals surface area contributed by atoms with E-state index in [1.54, 1.807) is 0 Å². The third kappa shape index (κ3) is 2.65. The molecular formula is C16H17N3O. The number of nitrogens with one attached hydrogen (secondary N) is 1. The summed E-state index contributed by atoms with van der Waals surface area (Å²) in [5.41, 5.74) is 3.15. The molecular weight excluding hydrogens is 250 g/mol. The summed E-state index contributed by atoms with van der Waals surface area (Å²) in [6.45, 7) is 1.37. The van der Waals surface area contributed by atoms with E-state index in [-0.39, 0.29) is 6.61 Å². The van der Waals surface area contributed by atoms with Crippen molar-refractivity contribution >= 4 is 17.0 Å². The molecule has 102 valence electrons. The molecule has 0 radical (unpaired) electrons. The predicted molar refractivity (Wildman–Crippen MR) is 80.7 cm³/mol. The Labute approximate surface area is 117 Å². The number of fused-ring (bicyclic) bond motifs is 1. The summed E-state index contributed by atoms with van der Waals surface area (Å²) in [7, 11) is 0. The van der Waals surface area contributed by atoms with E-state index in [4.69, 9.17) is 0 Å². The molecule has 0 bridgehead atoms. The first kappa shape index (κ1) is 12.7. The Morgan fingerprint density at radius 3 is 2.50 bits per heavy atom. The molecule has 2 aromatic carbocycles. The summed E-state index contributed by atoms with van der Waals surface area (Å²) in [5.74, 6) is 0.795. The lowest BCUT2D eigenvalue weighted by molar-refractivity contribution is 0.301. The van der Waals surface area contributed by atoms with Crippen LogP contribution in [0.15, 0.2) is 54.6 Å². The SMILES string of the molecule is OCCN(Cc1ccccc1)c1nc2ccccc2[nH]1. The van der Waals surface area contributed by atoms with Crippen LogP contribution in [-0.4, -0.2) is 28.2 Å². The summed E-state index contributed by atoms with van der Waals surface area (Å²) in [6, 6.07) is 18.1. The zero-order valence-corrected chi connectivity index (χ0v) is 11.2. The average molecular weight is 267 g/mol. The second kappa shape index (κ2) is 5.75. The third-order valence-electron chi connectivity index (χ3n) is 3.26. The van der Waals surface area contributed by atoms with Crippen molar-refractivity contribution in [2.45, 2.75) is 6.54 Å². The van der Waals surface area contributed by atoms with E-state index >= 15 is 0 Å².